The van der Waals surface area contributed by atoms with Crippen molar-refractivity contribution in [3.8, 4) is 0 Å². The van der Waals surface area contributed by atoms with Gasteiger partial charge in [0.25, 0.3) is 0 Å². The van der Waals surface area contributed by atoms with E-state index in [0.717, 1.165) is 10.7 Å². The Kier molecular flexibility index (Phi) is 4.21. The van der Waals surface area contributed by atoms with E-state index in [0.29, 0.717) is 10.2 Å². The number of carbonyl (C=O) groups is 1. The number of nitrogens with one attached hydrogen (secondary N) is 1. The average molecular weight is 341 g/mol. The van der Waals surface area contributed by atoms with E-state index in [2.05, 4.69) is 26.2 Å². The SMILES string of the molecule is Cc1csc(C(C)Nc2cccc(Br)c2C(=O)O)n1. The maximum Gasteiger partial charge on any atom is 0.338 e. The minimum atomic E-state index is -0.961. The number of nitrogens with zero attached hydrogens (tertiary/aromatic N) is 1. The van der Waals surface area contributed by atoms with Crippen LogP contribution >= 0.6 is 27.3 Å². The molecule has 2 rings (SSSR count). The van der Waals surface area contributed by atoms with Gasteiger partial charge in [0.15, 0.2) is 0 Å². The highest BCUT2D eigenvalue weighted by Crippen LogP contribution is 2.29. The number of thiazole rings is 1. The molecule has 1 heterocycles. The summed E-state index contributed by atoms with van der Waals surface area (Å²) in [6, 6.07) is 5.24. The summed E-state index contributed by atoms with van der Waals surface area (Å²) in [6.07, 6.45) is 0. The predicted molar refractivity (Wildman–Crippen MR) is 80.0 cm³/mol. The van der Waals surface area contributed by atoms with Gasteiger partial charge in [-0.1, -0.05) is 6.07 Å². The van der Waals surface area contributed by atoms with Crippen molar-refractivity contribution in [1.82, 2.24) is 4.98 Å². The number of aryl methyl sites for hydroxylation is 1. The minimum Gasteiger partial charge on any atom is -0.478 e. The monoisotopic (exact) mass is 340 g/mol. The summed E-state index contributed by atoms with van der Waals surface area (Å²) in [6.45, 7) is 3.90. The van der Waals surface area contributed by atoms with Gasteiger partial charge < -0.3 is 10.4 Å². The summed E-state index contributed by atoms with van der Waals surface area (Å²) >= 11 is 4.83. The Bertz CT molecular complexity index is 612. The molecule has 0 amide bonds. The molecule has 0 aliphatic carbocycles. The smallest absolute Gasteiger partial charge is 0.338 e. The second-order valence-corrected chi connectivity index (χ2v) is 5.90. The fraction of sp³-hybridized carbons (Fsp3) is 0.231. The number of halogens is 1. The van der Waals surface area contributed by atoms with E-state index in [-0.39, 0.29) is 11.6 Å². The van der Waals surface area contributed by atoms with Gasteiger partial charge in [0.2, 0.25) is 0 Å². The van der Waals surface area contributed by atoms with Crippen LogP contribution in [0.25, 0.3) is 0 Å². The number of aromatic nitrogens is 1. The summed E-state index contributed by atoms with van der Waals surface area (Å²) in [5, 5.41) is 15.4. The van der Waals surface area contributed by atoms with Gasteiger partial charge in [-0.3, -0.25) is 0 Å². The van der Waals surface area contributed by atoms with Crippen LogP contribution in [0.5, 0.6) is 0 Å². The molecule has 0 saturated carbocycles. The number of carboxylic acids is 1. The van der Waals surface area contributed by atoms with Gasteiger partial charge in [-0.25, -0.2) is 9.78 Å². The highest BCUT2D eigenvalue weighted by molar-refractivity contribution is 9.10. The van der Waals surface area contributed by atoms with Crippen LogP contribution in [0.2, 0.25) is 0 Å². The predicted octanol–water partition coefficient (Wildman–Crippen LogP) is 4.09. The Hall–Kier alpha value is -1.40. The number of hydrogen-bond donors (Lipinski definition) is 2. The molecule has 2 N–H and O–H groups in total. The largest absolute Gasteiger partial charge is 0.478 e. The van der Waals surface area contributed by atoms with Crippen LogP contribution in [-0.4, -0.2) is 16.1 Å². The Morgan fingerprint density at radius 2 is 2.26 bits per heavy atom. The number of anilines is 1. The average Bonchev–Trinajstić information content (AvgIpc) is 2.75. The lowest BCUT2D eigenvalue weighted by Crippen LogP contribution is -2.11. The second kappa shape index (κ2) is 5.71. The zero-order valence-electron chi connectivity index (χ0n) is 10.5. The van der Waals surface area contributed by atoms with Gasteiger partial charge in [0.1, 0.15) is 5.01 Å². The standard InChI is InChI=1S/C13H13BrN2O2S/c1-7-6-19-12(15-7)8(2)16-10-5-3-4-9(14)11(10)13(17)18/h3-6,8,16H,1-2H3,(H,17,18). The van der Waals surface area contributed by atoms with Crippen molar-refractivity contribution in [2.75, 3.05) is 5.32 Å². The molecule has 1 aromatic heterocycles. The van der Waals surface area contributed by atoms with Crippen LogP contribution in [0.15, 0.2) is 28.1 Å². The fourth-order valence-corrected chi connectivity index (χ4v) is 3.07. The lowest BCUT2D eigenvalue weighted by molar-refractivity contribution is 0.0697. The first kappa shape index (κ1) is 14.0. The minimum absolute atomic E-state index is 0.0360. The molecule has 1 unspecified atom stereocenters. The lowest BCUT2D eigenvalue weighted by atomic mass is 10.1. The summed E-state index contributed by atoms with van der Waals surface area (Å²) in [5.41, 5.74) is 1.80. The molecule has 4 nitrogen and oxygen atoms in total. The summed E-state index contributed by atoms with van der Waals surface area (Å²) in [7, 11) is 0. The van der Waals surface area contributed by atoms with Gasteiger partial charge in [-0.2, -0.15) is 0 Å². The van der Waals surface area contributed by atoms with Gasteiger partial charge in [-0.05, 0) is 41.9 Å². The van der Waals surface area contributed by atoms with Crippen LogP contribution < -0.4 is 5.32 Å². The van der Waals surface area contributed by atoms with Crippen LogP contribution in [0.4, 0.5) is 5.69 Å². The van der Waals surface area contributed by atoms with Gasteiger partial charge in [0.05, 0.1) is 17.3 Å². The van der Waals surface area contributed by atoms with E-state index in [9.17, 15) is 9.90 Å². The molecule has 6 heteroatoms. The summed E-state index contributed by atoms with van der Waals surface area (Å²) in [4.78, 5) is 15.7. The fourth-order valence-electron chi connectivity index (χ4n) is 1.73. The quantitative estimate of drug-likeness (QED) is 0.879. The van der Waals surface area contributed by atoms with Crippen molar-refractivity contribution >= 4 is 38.9 Å². The van der Waals surface area contributed by atoms with E-state index in [4.69, 9.17) is 0 Å². The number of benzene rings is 1. The van der Waals surface area contributed by atoms with Crippen molar-refractivity contribution in [1.29, 1.82) is 0 Å². The molecule has 100 valence electrons. The van der Waals surface area contributed by atoms with E-state index in [1.165, 1.54) is 0 Å². The van der Waals surface area contributed by atoms with E-state index < -0.39 is 5.97 Å². The Morgan fingerprint density at radius 1 is 1.53 bits per heavy atom. The number of aromatic carboxylic acids is 1. The van der Waals surface area contributed by atoms with Gasteiger partial charge in [0, 0.05) is 15.5 Å². The highest BCUT2D eigenvalue weighted by atomic mass is 79.9. The molecular weight excluding hydrogens is 328 g/mol. The topological polar surface area (TPSA) is 62.2 Å². The molecule has 0 saturated heterocycles. The van der Waals surface area contributed by atoms with Crippen molar-refractivity contribution in [3.63, 3.8) is 0 Å². The molecule has 0 bridgehead atoms. The van der Waals surface area contributed by atoms with Crippen molar-refractivity contribution in [3.05, 3.63) is 44.3 Å². The maximum absolute atomic E-state index is 11.3. The molecule has 1 atom stereocenters. The third kappa shape index (κ3) is 3.13. The molecule has 1 aromatic carbocycles. The molecular formula is C13H13BrN2O2S. The zero-order valence-corrected chi connectivity index (χ0v) is 12.9. The summed E-state index contributed by atoms with van der Waals surface area (Å²) < 4.78 is 0.563. The van der Waals surface area contributed by atoms with Crippen LogP contribution in [0.3, 0.4) is 0 Å². The van der Waals surface area contributed by atoms with Gasteiger partial charge >= 0.3 is 5.97 Å². The van der Waals surface area contributed by atoms with Crippen molar-refractivity contribution < 1.29 is 9.90 Å². The first-order valence-corrected chi connectivity index (χ1v) is 7.36. The first-order chi connectivity index (χ1) is 8.99. The third-order valence-electron chi connectivity index (χ3n) is 2.61. The molecule has 0 fully saturated rings. The van der Waals surface area contributed by atoms with Crippen molar-refractivity contribution in [2.24, 2.45) is 0 Å². The molecule has 19 heavy (non-hydrogen) atoms. The molecule has 0 radical (unpaired) electrons. The normalized spacial score (nSPS) is 12.2. The van der Waals surface area contributed by atoms with Crippen molar-refractivity contribution in [2.45, 2.75) is 19.9 Å². The number of carboxylic acid groups (broad SMARTS) is 1. The van der Waals surface area contributed by atoms with E-state index in [1.54, 1.807) is 29.5 Å². The van der Waals surface area contributed by atoms with Crippen LogP contribution in [0.1, 0.15) is 34.0 Å². The maximum atomic E-state index is 11.3. The Balaban J connectivity index is 2.28. The third-order valence-corrected chi connectivity index (χ3v) is 4.41. The summed E-state index contributed by atoms with van der Waals surface area (Å²) in [5.74, 6) is -0.961. The molecule has 0 spiro atoms. The zero-order chi connectivity index (χ0) is 14.0. The molecule has 2 aromatic rings. The Labute approximate surface area is 123 Å². The number of hydrogen-bond acceptors (Lipinski definition) is 4. The molecule has 0 aliphatic heterocycles. The number of rotatable bonds is 4. The van der Waals surface area contributed by atoms with Gasteiger partial charge in [-0.15, -0.1) is 11.3 Å². The van der Waals surface area contributed by atoms with E-state index in [1.807, 2.05) is 19.2 Å². The van der Waals surface area contributed by atoms with Crippen LogP contribution in [0, 0.1) is 6.92 Å². The van der Waals surface area contributed by atoms with Crippen LogP contribution in [-0.2, 0) is 0 Å². The lowest BCUT2D eigenvalue weighted by Gasteiger charge is -2.15. The molecule has 0 aliphatic rings. The van der Waals surface area contributed by atoms with E-state index >= 15 is 0 Å². The Morgan fingerprint density at radius 3 is 2.84 bits per heavy atom. The first-order valence-electron chi connectivity index (χ1n) is 5.69. The highest BCUT2D eigenvalue weighted by Gasteiger charge is 2.17. The second-order valence-electron chi connectivity index (χ2n) is 4.16.